The zero-order valence-corrected chi connectivity index (χ0v) is 37.5. The number of hydrogen-bond donors (Lipinski definition) is 1. The highest BCUT2D eigenvalue weighted by Gasteiger charge is 2.74. The van der Waals surface area contributed by atoms with Gasteiger partial charge in [-0.3, -0.25) is 4.79 Å². The summed E-state index contributed by atoms with van der Waals surface area (Å²) in [4.78, 5) is 14.6. The monoisotopic (exact) mass is 1020 g/mol. The number of phenols is 1. The number of ether oxygens (including phenoxy) is 3. The average molecular weight is 1020 g/mol. The van der Waals surface area contributed by atoms with Crippen LogP contribution in [0, 0.1) is 41.0 Å². The molecule has 3 fully saturated rings. The minimum Gasteiger partial charge on any atom is -0.743 e. The first-order chi connectivity index (χ1) is 32.6. The summed E-state index contributed by atoms with van der Waals surface area (Å²) >= 11 is 0. The molecular formula is C48H34F8O10S3. The standard InChI is InChI=1S/C26H16F4O5S2.C22H18F4O5S/c27-21-23(29)26(24(30)22(28)25(21)32)35-20(31)15-37(33,34)19-13-11-18(12-14-19)36(16-7-3-1-4-8-16)17-9-5-2-6-10-17;23-21(24,22(25,26)32(27,28)29)17-10-11-9-14(17)19-18(11)30-20(31-19)15-7-3-1-5-12(15)13-6-2-4-8-16(13)20/h1-14H,15H2;1-8,11,14,17-19H,9-10H2,(H,27,28,29). The van der Waals surface area contributed by atoms with Gasteiger partial charge in [-0.2, -0.15) is 35.1 Å². The van der Waals surface area contributed by atoms with Crippen LogP contribution in [0.25, 0.3) is 11.1 Å². The molecule has 1 saturated heterocycles. The summed E-state index contributed by atoms with van der Waals surface area (Å²) in [6.07, 6.45) is -1.74. The van der Waals surface area contributed by atoms with Gasteiger partial charge in [0.25, 0.3) is 0 Å². The molecule has 3 aliphatic carbocycles. The van der Waals surface area contributed by atoms with Crippen molar-refractivity contribution in [2.45, 2.75) is 61.6 Å². The molecule has 2 saturated carbocycles. The number of carbonyl (C=O) groups excluding carboxylic acids is 1. The summed E-state index contributed by atoms with van der Waals surface area (Å²) in [7, 11) is -11.5. The first-order valence-electron chi connectivity index (χ1n) is 20.8. The lowest BCUT2D eigenvalue weighted by Gasteiger charge is -2.38. The number of aromatic hydroxyl groups is 1. The number of halogens is 8. The van der Waals surface area contributed by atoms with Gasteiger partial charge in [-0.05, 0) is 84.3 Å². The molecule has 4 aliphatic rings. The van der Waals surface area contributed by atoms with Crippen molar-refractivity contribution in [3.63, 3.8) is 0 Å². The van der Waals surface area contributed by atoms with Gasteiger partial charge in [-0.1, -0.05) is 84.9 Å². The van der Waals surface area contributed by atoms with E-state index < -0.39 is 124 Å². The van der Waals surface area contributed by atoms with Crippen molar-refractivity contribution in [2.75, 3.05) is 5.75 Å². The molecule has 21 heteroatoms. The Balaban J connectivity index is 0.000000173. The van der Waals surface area contributed by atoms with Gasteiger partial charge < -0.3 is 23.9 Å². The summed E-state index contributed by atoms with van der Waals surface area (Å²) < 4.78 is 187. The highest BCUT2D eigenvalue weighted by atomic mass is 32.2. The predicted molar refractivity (Wildman–Crippen MR) is 229 cm³/mol. The highest BCUT2D eigenvalue weighted by molar-refractivity contribution is 7.97. The summed E-state index contributed by atoms with van der Waals surface area (Å²) in [6.45, 7) is 0. The second kappa shape index (κ2) is 17.5. The molecule has 6 aromatic carbocycles. The summed E-state index contributed by atoms with van der Waals surface area (Å²) in [5.74, 6) is -25.4. The number of benzene rings is 6. The van der Waals surface area contributed by atoms with Crippen molar-refractivity contribution in [3.8, 4) is 22.6 Å². The second-order valence-corrected chi connectivity index (χ2v) is 22.0. The molecule has 69 heavy (non-hydrogen) atoms. The van der Waals surface area contributed by atoms with Crippen molar-refractivity contribution in [2.24, 2.45) is 17.8 Å². The topological polar surface area (TPSA) is 156 Å². The molecule has 0 amide bonds. The van der Waals surface area contributed by atoms with Gasteiger partial charge in [0.05, 0.1) is 28.0 Å². The third-order valence-corrected chi connectivity index (χ3v) is 17.3. The molecule has 10 nitrogen and oxygen atoms in total. The van der Waals surface area contributed by atoms with Crippen molar-refractivity contribution >= 4 is 36.8 Å². The van der Waals surface area contributed by atoms with E-state index in [0.29, 0.717) is 11.1 Å². The Bertz CT molecular complexity index is 3090. The Morgan fingerprint density at radius 3 is 1.64 bits per heavy atom. The van der Waals surface area contributed by atoms with Crippen LogP contribution in [0.1, 0.15) is 24.0 Å². The Morgan fingerprint density at radius 1 is 0.667 bits per heavy atom. The Hall–Kier alpha value is -5.84. The fourth-order valence-electron chi connectivity index (χ4n) is 9.57. The number of alkyl halides is 4. The minimum absolute atomic E-state index is 0.143. The molecule has 10 rings (SSSR count). The lowest BCUT2D eigenvalue weighted by atomic mass is 9.81. The molecule has 1 aliphatic heterocycles. The van der Waals surface area contributed by atoms with Crippen molar-refractivity contribution in [1.29, 1.82) is 0 Å². The van der Waals surface area contributed by atoms with Crippen LogP contribution in [-0.4, -0.2) is 61.6 Å². The fourth-order valence-corrected chi connectivity index (χ4v) is 13.2. The SMILES string of the molecule is O=C(CS(=O)(=O)c1ccc([S+](c2ccccc2)c2ccccc2)cc1)Oc1c(F)c(F)c(O)c(F)c1F.O=S(=O)([O-])C(F)(F)C(F)(F)C1CC2CC1C1OC3(OC21)c1ccccc1-c1ccccc13. The maximum atomic E-state index is 14.7. The van der Waals surface area contributed by atoms with E-state index in [4.69, 9.17) is 14.6 Å². The normalized spacial score (nSPS) is 21.1. The first-order valence-corrected chi connectivity index (χ1v) is 25.1. The van der Waals surface area contributed by atoms with E-state index in [2.05, 4.69) is 4.74 Å². The lowest BCUT2D eigenvalue weighted by molar-refractivity contribution is -0.212. The van der Waals surface area contributed by atoms with E-state index in [-0.39, 0.29) is 17.7 Å². The zero-order valence-electron chi connectivity index (χ0n) is 35.1. The Kier molecular flexibility index (Phi) is 12.2. The summed E-state index contributed by atoms with van der Waals surface area (Å²) in [5, 5.41) is 3.30. The lowest BCUT2D eigenvalue weighted by Crippen LogP contribution is -2.55. The predicted octanol–water partition coefficient (Wildman–Crippen LogP) is 9.50. The molecule has 1 spiro atoms. The molecule has 5 atom stereocenters. The van der Waals surface area contributed by atoms with E-state index in [1.165, 1.54) is 12.1 Å². The van der Waals surface area contributed by atoms with Crippen LogP contribution in [0.3, 0.4) is 0 Å². The molecular weight excluding hydrogens is 985 g/mol. The van der Waals surface area contributed by atoms with E-state index >= 15 is 0 Å². The highest BCUT2D eigenvalue weighted by Crippen LogP contribution is 2.65. The second-order valence-electron chi connectivity index (χ2n) is 16.5. The quantitative estimate of drug-likeness (QED) is 0.0350. The van der Waals surface area contributed by atoms with Gasteiger partial charge in [-0.25, -0.2) is 16.8 Å². The van der Waals surface area contributed by atoms with Gasteiger partial charge in [-0.15, -0.1) is 0 Å². The molecule has 1 N–H and O–H groups in total. The number of sulfone groups is 1. The van der Waals surface area contributed by atoms with E-state index in [1.807, 2.05) is 97.1 Å². The van der Waals surface area contributed by atoms with Crippen molar-refractivity contribution < 1.29 is 80.6 Å². The van der Waals surface area contributed by atoms with Crippen molar-refractivity contribution in [3.05, 3.63) is 168 Å². The first kappa shape index (κ1) is 48.2. The van der Waals surface area contributed by atoms with E-state index in [0.717, 1.165) is 25.8 Å². The van der Waals surface area contributed by atoms with Crippen LogP contribution in [-0.2, 0) is 50.9 Å². The Morgan fingerprint density at radius 2 is 1.13 bits per heavy atom. The molecule has 2 bridgehead atoms. The van der Waals surface area contributed by atoms with Crippen molar-refractivity contribution in [1.82, 2.24) is 0 Å². The molecule has 0 aromatic heterocycles. The number of esters is 1. The maximum absolute atomic E-state index is 14.7. The number of hydrogen-bond acceptors (Lipinski definition) is 10. The van der Waals surface area contributed by atoms with Crippen LogP contribution in [0.4, 0.5) is 35.1 Å². The molecule has 360 valence electrons. The minimum atomic E-state index is -6.54. The van der Waals surface area contributed by atoms with E-state index in [9.17, 15) is 61.3 Å². The van der Waals surface area contributed by atoms with Gasteiger partial charge in [0.15, 0.2) is 46.1 Å². The van der Waals surface area contributed by atoms with Gasteiger partial charge >= 0.3 is 17.1 Å². The van der Waals surface area contributed by atoms with Gasteiger partial charge in [0.2, 0.25) is 34.8 Å². The fraction of sp³-hybridized carbons (Fsp3) is 0.229. The van der Waals surface area contributed by atoms with E-state index in [1.54, 1.807) is 24.3 Å². The van der Waals surface area contributed by atoms with Gasteiger partial charge in [0, 0.05) is 17.0 Å². The molecule has 1 heterocycles. The average Bonchev–Trinajstić information content (AvgIpc) is 4.10. The van der Waals surface area contributed by atoms with Crippen LogP contribution < -0.4 is 4.74 Å². The third-order valence-electron chi connectivity index (χ3n) is 12.6. The molecule has 6 aromatic rings. The maximum Gasteiger partial charge on any atom is 0.396 e. The molecule has 0 radical (unpaired) electrons. The van der Waals surface area contributed by atoms with Crippen LogP contribution in [0.5, 0.6) is 11.5 Å². The van der Waals surface area contributed by atoms with Crippen LogP contribution >= 0.6 is 0 Å². The third kappa shape index (κ3) is 8.05. The number of rotatable bonds is 10. The number of carbonyl (C=O) groups is 1. The zero-order chi connectivity index (χ0) is 49.4. The Labute approximate surface area is 391 Å². The number of fused-ring (bicyclic) bond motifs is 10. The molecule has 5 unspecified atom stereocenters. The van der Waals surface area contributed by atoms with Crippen LogP contribution in [0.2, 0.25) is 0 Å². The smallest absolute Gasteiger partial charge is 0.396 e. The summed E-state index contributed by atoms with van der Waals surface area (Å²) in [6, 6.07) is 39.6. The number of phenolic OH excluding ortho intramolecular Hbond substituents is 1. The van der Waals surface area contributed by atoms with Gasteiger partial charge in [0.1, 0.15) is 0 Å². The van der Waals surface area contributed by atoms with Crippen LogP contribution in [0.15, 0.2) is 153 Å². The summed E-state index contributed by atoms with van der Waals surface area (Å²) in [5.41, 5.74) is 3.18. The largest absolute Gasteiger partial charge is 0.743 e.